The molecule has 0 rings (SSSR count). The van der Waals surface area contributed by atoms with Crippen molar-refractivity contribution in [1.82, 2.24) is 0 Å². The molecule has 0 radical (unpaired) electrons. The molecular weight excluding hydrogens is 601 g/mol. The van der Waals surface area contributed by atoms with Crippen molar-refractivity contribution in [3.8, 4) is 0 Å². The lowest BCUT2D eigenvalue weighted by atomic mass is 10.0. The highest BCUT2D eigenvalue weighted by Gasteiger charge is 2.29. The molecule has 5 heteroatoms. The Hall–Kier alpha value is -0.710. The summed E-state index contributed by atoms with van der Waals surface area (Å²) in [4.78, 5) is 25.9. The minimum atomic E-state index is -0.281. The van der Waals surface area contributed by atoms with Crippen LogP contribution in [0.4, 0.5) is 0 Å². The van der Waals surface area contributed by atoms with E-state index in [0.29, 0.717) is 13.2 Å². The van der Waals surface area contributed by atoms with E-state index >= 15 is 0 Å². The SMILES string of the molecule is CCCCCCCCCCCCCCCCOC(=O)C(CCC)SC(CCC)C(=O)OCCCCCCCCCCCCCCCC. The highest BCUT2D eigenvalue weighted by atomic mass is 32.2. The van der Waals surface area contributed by atoms with Crippen molar-refractivity contribution in [1.29, 1.82) is 0 Å². The van der Waals surface area contributed by atoms with Gasteiger partial charge in [0.15, 0.2) is 0 Å². The number of rotatable bonds is 38. The third kappa shape index (κ3) is 32.3. The summed E-state index contributed by atoms with van der Waals surface area (Å²) in [6.45, 7) is 9.75. The molecule has 2 unspecified atom stereocenters. The Morgan fingerprint density at radius 1 is 0.362 bits per heavy atom. The number of hydrogen-bond donors (Lipinski definition) is 0. The lowest BCUT2D eigenvalue weighted by Gasteiger charge is -2.21. The van der Waals surface area contributed by atoms with Crippen molar-refractivity contribution >= 4 is 23.7 Å². The molecule has 0 bridgehead atoms. The molecule has 0 spiro atoms. The Kier molecular flexibility index (Phi) is 37.5. The normalized spacial score (nSPS) is 12.7. The number of ether oxygens (including phenoxy) is 2. The second-order valence-corrected chi connectivity index (χ2v) is 15.6. The molecule has 0 fully saturated rings. The van der Waals surface area contributed by atoms with Crippen LogP contribution in [0, 0.1) is 0 Å². The maximum absolute atomic E-state index is 12.9. The minimum absolute atomic E-state index is 0.146. The standard InChI is InChI=1S/C42H82O4S/c1-5-9-11-13-15-17-19-21-23-25-27-29-31-33-37-45-41(43)39(35-7-3)47-40(36-8-4)42(44)46-38-34-32-30-28-26-24-22-20-18-16-14-12-10-6-2/h39-40H,5-38H2,1-4H3. The number of carbonyl (C=O) groups excluding carboxylic acids is 2. The van der Waals surface area contributed by atoms with Crippen molar-refractivity contribution in [2.24, 2.45) is 0 Å². The van der Waals surface area contributed by atoms with Crippen LogP contribution in [0.2, 0.25) is 0 Å². The molecule has 0 aromatic heterocycles. The Bertz CT molecular complexity index is 601. The molecular formula is C42H82O4S. The van der Waals surface area contributed by atoms with Gasteiger partial charge in [-0.05, 0) is 25.7 Å². The number of hydrogen-bond acceptors (Lipinski definition) is 5. The Morgan fingerprint density at radius 3 is 0.830 bits per heavy atom. The number of thioether (sulfide) groups is 1. The van der Waals surface area contributed by atoms with Gasteiger partial charge in [-0.2, -0.15) is 0 Å². The molecule has 0 aromatic rings. The van der Waals surface area contributed by atoms with Crippen LogP contribution in [0.5, 0.6) is 0 Å². The van der Waals surface area contributed by atoms with Crippen LogP contribution in [0.3, 0.4) is 0 Å². The van der Waals surface area contributed by atoms with Gasteiger partial charge in [0.1, 0.15) is 10.5 Å². The molecule has 280 valence electrons. The van der Waals surface area contributed by atoms with Gasteiger partial charge in [-0.3, -0.25) is 9.59 Å². The summed E-state index contributed by atoms with van der Waals surface area (Å²) in [6.07, 6.45) is 40.2. The Labute approximate surface area is 298 Å². The summed E-state index contributed by atoms with van der Waals surface area (Å²) in [5, 5.41) is -0.561. The monoisotopic (exact) mass is 683 g/mol. The first-order chi connectivity index (χ1) is 23.1. The van der Waals surface area contributed by atoms with Crippen molar-refractivity contribution in [2.75, 3.05) is 13.2 Å². The fraction of sp³-hybridized carbons (Fsp3) is 0.952. The molecule has 0 saturated carbocycles. The van der Waals surface area contributed by atoms with E-state index in [0.717, 1.165) is 51.4 Å². The molecule has 0 N–H and O–H groups in total. The average Bonchev–Trinajstić information content (AvgIpc) is 3.07. The second kappa shape index (κ2) is 38.1. The second-order valence-electron chi connectivity index (χ2n) is 14.2. The first kappa shape index (κ1) is 46.3. The van der Waals surface area contributed by atoms with Gasteiger partial charge in [0.25, 0.3) is 0 Å². The topological polar surface area (TPSA) is 52.6 Å². The van der Waals surface area contributed by atoms with Crippen LogP contribution in [0.1, 0.15) is 233 Å². The number of unbranched alkanes of at least 4 members (excludes halogenated alkanes) is 26. The van der Waals surface area contributed by atoms with E-state index in [9.17, 15) is 9.59 Å². The van der Waals surface area contributed by atoms with E-state index in [4.69, 9.17) is 9.47 Å². The predicted octanol–water partition coefficient (Wildman–Crippen LogP) is 14.1. The molecule has 0 heterocycles. The van der Waals surface area contributed by atoms with E-state index in [1.165, 1.54) is 166 Å². The molecule has 0 aliphatic heterocycles. The Morgan fingerprint density at radius 2 is 0.596 bits per heavy atom. The maximum Gasteiger partial charge on any atom is 0.319 e. The van der Waals surface area contributed by atoms with E-state index in [1.54, 1.807) is 0 Å². The van der Waals surface area contributed by atoms with Crippen LogP contribution in [0.25, 0.3) is 0 Å². The molecule has 0 aliphatic rings. The lowest BCUT2D eigenvalue weighted by Crippen LogP contribution is -2.28. The molecule has 4 nitrogen and oxygen atoms in total. The van der Waals surface area contributed by atoms with E-state index in [2.05, 4.69) is 27.7 Å². The van der Waals surface area contributed by atoms with Gasteiger partial charge in [0.05, 0.1) is 13.2 Å². The molecule has 0 aromatic carbocycles. The summed E-state index contributed by atoms with van der Waals surface area (Å²) in [7, 11) is 0. The van der Waals surface area contributed by atoms with Gasteiger partial charge in [0.2, 0.25) is 0 Å². The van der Waals surface area contributed by atoms with Gasteiger partial charge >= 0.3 is 11.9 Å². The van der Waals surface area contributed by atoms with Crippen molar-refractivity contribution in [2.45, 2.75) is 244 Å². The van der Waals surface area contributed by atoms with Crippen LogP contribution < -0.4 is 0 Å². The smallest absolute Gasteiger partial charge is 0.319 e. The van der Waals surface area contributed by atoms with E-state index in [1.807, 2.05) is 0 Å². The molecule has 47 heavy (non-hydrogen) atoms. The summed E-state index contributed by atoms with van der Waals surface area (Å²) in [5.41, 5.74) is 0. The first-order valence-electron chi connectivity index (χ1n) is 21.1. The summed E-state index contributed by atoms with van der Waals surface area (Å²) >= 11 is 1.48. The zero-order valence-corrected chi connectivity index (χ0v) is 33.1. The zero-order valence-electron chi connectivity index (χ0n) is 32.2. The van der Waals surface area contributed by atoms with Crippen LogP contribution in [0.15, 0.2) is 0 Å². The first-order valence-corrected chi connectivity index (χ1v) is 22.0. The fourth-order valence-corrected chi connectivity index (χ4v) is 7.83. The predicted molar refractivity (Wildman–Crippen MR) is 208 cm³/mol. The van der Waals surface area contributed by atoms with E-state index in [-0.39, 0.29) is 22.4 Å². The number of carbonyl (C=O) groups is 2. The highest BCUT2D eigenvalue weighted by Crippen LogP contribution is 2.28. The fourth-order valence-electron chi connectivity index (χ4n) is 6.33. The van der Waals surface area contributed by atoms with Crippen LogP contribution in [-0.2, 0) is 19.1 Å². The summed E-state index contributed by atoms with van der Waals surface area (Å²) in [6, 6.07) is 0. The zero-order chi connectivity index (χ0) is 34.5. The van der Waals surface area contributed by atoms with Crippen LogP contribution in [-0.4, -0.2) is 35.7 Å². The molecule has 0 amide bonds. The third-order valence-corrected chi connectivity index (χ3v) is 11.0. The highest BCUT2D eigenvalue weighted by molar-refractivity contribution is 8.01. The van der Waals surface area contributed by atoms with Crippen molar-refractivity contribution in [3.63, 3.8) is 0 Å². The van der Waals surface area contributed by atoms with Gasteiger partial charge in [-0.25, -0.2) is 0 Å². The molecule has 2 atom stereocenters. The summed E-state index contributed by atoms with van der Waals surface area (Å²) < 4.78 is 11.4. The Balaban J connectivity index is 3.97. The lowest BCUT2D eigenvalue weighted by molar-refractivity contribution is -0.143. The summed E-state index contributed by atoms with van der Waals surface area (Å²) in [5.74, 6) is -0.292. The van der Waals surface area contributed by atoms with E-state index < -0.39 is 0 Å². The van der Waals surface area contributed by atoms with Crippen molar-refractivity contribution in [3.05, 3.63) is 0 Å². The quantitative estimate of drug-likeness (QED) is 0.0479. The number of esters is 2. The third-order valence-electron chi connectivity index (χ3n) is 9.44. The largest absolute Gasteiger partial charge is 0.465 e. The van der Waals surface area contributed by atoms with Gasteiger partial charge in [-0.1, -0.05) is 207 Å². The average molecular weight is 683 g/mol. The maximum atomic E-state index is 12.9. The van der Waals surface area contributed by atoms with Gasteiger partial charge in [-0.15, -0.1) is 11.8 Å². The molecule has 0 aliphatic carbocycles. The van der Waals surface area contributed by atoms with Gasteiger partial charge in [0, 0.05) is 0 Å². The van der Waals surface area contributed by atoms with Crippen LogP contribution >= 0.6 is 11.8 Å². The minimum Gasteiger partial charge on any atom is -0.465 e. The van der Waals surface area contributed by atoms with Crippen molar-refractivity contribution < 1.29 is 19.1 Å². The van der Waals surface area contributed by atoms with Gasteiger partial charge < -0.3 is 9.47 Å². The molecule has 0 saturated heterocycles.